The Bertz CT molecular complexity index is 676. The predicted molar refractivity (Wildman–Crippen MR) is 92.2 cm³/mol. The van der Waals surface area contributed by atoms with E-state index in [-0.39, 0.29) is 16.6 Å². The van der Waals surface area contributed by atoms with Gasteiger partial charge in [0.15, 0.2) is 0 Å². The van der Waals surface area contributed by atoms with E-state index in [1.54, 1.807) is 30.3 Å². The highest BCUT2D eigenvalue weighted by Gasteiger charge is 2.10. The maximum absolute atomic E-state index is 12.1. The van der Waals surface area contributed by atoms with Gasteiger partial charge in [0, 0.05) is 20.4 Å². The third-order valence-electron chi connectivity index (χ3n) is 2.46. The summed E-state index contributed by atoms with van der Waals surface area (Å²) >= 11 is 12.8. The van der Waals surface area contributed by atoms with Crippen molar-refractivity contribution in [3.05, 3.63) is 56.4 Å². The second-order valence-electron chi connectivity index (χ2n) is 3.87. The summed E-state index contributed by atoms with van der Waals surface area (Å²) in [5.74, 6) is -0.306. The van der Waals surface area contributed by atoms with E-state index in [1.807, 2.05) is 0 Å². The maximum Gasteiger partial charge on any atom is 0.274 e. The minimum Gasteiger partial charge on any atom is -0.389 e. The maximum atomic E-state index is 12.1. The van der Waals surface area contributed by atoms with Crippen LogP contribution >= 0.6 is 46.4 Å². The monoisotopic (exact) mass is 417 g/mol. The van der Waals surface area contributed by atoms with E-state index >= 15 is 0 Å². The third kappa shape index (κ3) is 3.65. The zero-order valence-electron chi connectivity index (χ0n) is 10.1. The second kappa shape index (κ2) is 6.47. The van der Waals surface area contributed by atoms with Crippen LogP contribution in [0.15, 0.2) is 36.5 Å². The van der Waals surface area contributed by atoms with E-state index in [0.717, 1.165) is 3.57 Å². The molecular formula is C13H9ClIN3OS. The number of benzene rings is 1. The van der Waals surface area contributed by atoms with Crippen LogP contribution in [0.4, 0.5) is 5.69 Å². The molecule has 1 amide bonds. The molecular weight excluding hydrogens is 409 g/mol. The molecule has 2 rings (SSSR count). The molecule has 1 aromatic carbocycles. The van der Waals surface area contributed by atoms with Crippen molar-refractivity contribution < 1.29 is 4.79 Å². The Labute approximate surface area is 139 Å². The molecule has 4 nitrogen and oxygen atoms in total. The fourth-order valence-corrected chi connectivity index (χ4v) is 2.58. The Hall–Kier alpha value is -1.25. The van der Waals surface area contributed by atoms with E-state index < -0.39 is 0 Å². The van der Waals surface area contributed by atoms with Crippen LogP contribution in [-0.2, 0) is 0 Å². The highest BCUT2D eigenvalue weighted by atomic mass is 127. The lowest BCUT2D eigenvalue weighted by molar-refractivity contribution is 0.102. The molecule has 0 aliphatic carbocycles. The molecule has 0 saturated heterocycles. The molecule has 1 aromatic heterocycles. The smallest absolute Gasteiger partial charge is 0.274 e. The van der Waals surface area contributed by atoms with Gasteiger partial charge in [0.1, 0.15) is 10.7 Å². The molecule has 2 aromatic rings. The molecule has 20 heavy (non-hydrogen) atoms. The number of nitrogens with two attached hydrogens (primary N) is 1. The van der Waals surface area contributed by atoms with Crippen molar-refractivity contribution in [2.24, 2.45) is 5.73 Å². The van der Waals surface area contributed by atoms with Gasteiger partial charge in [0.25, 0.3) is 5.91 Å². The predicted octanol–water partition coefficient (Wildman–Crippen LogP) is 3.23. The molecule has 0 saturated carbocycles. The lowest BCUT2D eigenvalue weighted by atomic mass is 10.2. The summed E-state index contributed by atoms with van der Waals surface area (Å²) in [5, 5.41) is 3.39. The largest absolute Gasteiger partial charge is 0.389 e. The molecule has 0 spiro atoms. The molecule has 0 bridgehead atoms. The average Bonchev–Trinajstić information content (AvgIpc) is 2.42. The minimum absolute atomic E-state index is 0.247. The first kappa shape index (κ1) is 15.1. The summed E-state index contributed by atoms with van der Waals surface area (Å²) in [7, 11) is 0. The van der Waals surface area contributed by atoms with Crippen molar-refractivity contribution in [3.8, 4) is 0 Å². The summed E-state index contributed by atoms with van der Waals surface area (Å²) in [6.07, 6.45) is 1.48. The van der Waals surface area contributed by atoms with Gasteiger partial charge in [-0.05, 0) is 52.9 Å². The zero-order chi connectivity index (χ0) is 14.7. The normalized spacial score (nSPS) is 10.1. The first-order chi connectivity index (χ1) is 9.47. The van der Waals surface area contributed by atoms with E-state index in [4.69, 9.17) is 29.6 Å². The average molecular weight is 418 g/mol. The Kier molecular flexibility index (Phi) is 4.90. The van der Waals surface area contributed by atoms with E-state index in [1.165, 1.54) is 6.20 Å². The highest BCUT2D eigenvalue weighted by molar-refractivity contribution is 14.1. The lowest BCUT2D eigenvalue weighted by Gasteiger charge is -2.07. The van der Waals surface area contributed by atoms with Crippen LogP contribution in [0.25, 0.3) is 0 Å². The summed E-state index contributed by atoms with van der Waals surface area (Å²) in [6.45, 7) is 0. The molecule has 0 fully saturated rings. The van der Waals surface area contributed by atoms with Gasteiger partial charge in [-0.15, -0.1) is 0 Å². The van der Waals surface area contributed by atoms with E-state index in [9.17, 15) is 4.79 Å². The minimum atomic E-state index is -0.306. The number of thiocarbonyl (C=S) groups is 1. The van der Waals surface area contributed by atoms with Gasteiger partial charge in [-0.2, -0.15) is 0 Å². The lowest BCUT2D eigenvalue weighted by Crippen LogP contribution is -2.16. The summed E-state index contributed by atoms with van der Waals surface area (Å²) in [5.41, 5.74) is 7.07. The summed E-state index contributed by atoms with van der Waals surface area (Å²) in [4.78, 5) is 16.3. The number of pyridine rings is 1. The standard InChI is InChI=1S/C13H9ClIN3OS/c14-8-2-4-10(9(15)5-8)18-13(19)11-3-1-7(6-17-11)12(16)20/h1-6H,(H2,16,20)(H,18,19). The molecule has 102 valence electrons. The Balaban J connectivity index is 2.17. The first-order valence-corrected chi connectivity index (χ1v) is 7.36. The number of hydrogen-bond donors (Lipinski definition) is 2. The summed E-state index contributed by atoms with van der Waals surface area (Å²) < 4.78 is 0.850. The highest BCUT2D eigenvalue weighted by Crippen LogP contribution is 2.22. The number of carbonyl (C=O) groups excluding carboxylic acids is 1. The van der Waals surface area contributed by atoms with Crippen LogP contribution in [0.2, 0.25) is 5.02 Å². The van der Waals surface area contributed by atoms with Crippen LogP contribution in [0.5, 0.6) is 0 Å². The first-order valence-electron chi connectivity index (χ1n) is 5.49. The molecule has 0 atom stereocenters. The Morgan fingerprint density at radius 1 is 1.35 bits per heavy atom. The van der Waals surface area contributed by atoms with Crippen LogP contribution in [0, 0.1) is 3.57 Å². The fourth-order valence-electron chi connectivity index (χ4n) is 1.45. The molecule has 0 aliphatic rings. The van der Waals surface area contributed by atoms with Gasteiger partial charge in [-0.3, -0.25) is 9.78 Å². The number of amides is 1. The van der Waals surface area contributed by atoms with Gasteiger partial charge in [0.2, 0.25) is 0 Å². The number of rotatable bonds is 3. The van der Waals surface area contributed by atoms with Crippen molar-refractivity contribution in [1.82, 2.24) is 4.98 Å². The molecule has 7 heteroatoms. The number of nitrogens with one attached hydrogen (secondary N) is 1. The van der Waals surface area contributed by atoms with Crippen molar-refractivity contribution in [3.63, 3.8) is 0 Å². The van der Waals surface area contributed by atoms with Gasteiger partial charge in [-0.25, -0.2) is 0 Å². The van der Waals surface area contributed by atoms with Crippen LogP contribution in [0.3, 0.4) is 0 Å². The number of halogens is 2. The molecule has 0 unspecified atom stereocenters. The van der Waals surface area contributed by atoms with Crippen molar-refractivity contribution in [2.45, 2.75) is 0 Å². The fraction of sp³-hybridized carbons (Fsp3) is 0. The topological polar surface area (TPSA) is 68.0 Å². The van der Waals surface area contributed by atoms with E-state index in [2.05, 4.69) is 32.9 Å². The van der Waals surface area contributed by atoms with Gasteiger partial charge >= 0.3 is 0 Å². The number of anilines is 1. The molecule has 0 aliphatic heterocycles. The van der Waals surface area contributed by atoms with Crippen molar-refractivity contribution in [2.75, 3.05) is 5.32 Å². The summed E-state index contributed by atoms with van der Waals surface area (Å²) in [6, 6.07) is 8.46. The van der Waals surface area contributed by atoms with Gasteiger partial charge in [-0.1, -0.05) is 23.8 Å². The Morgan fingerprint density at radius 2 is 2.10 bits per heavy atom. The van der Waals surface area contributed by atoms with Gasteiger partial charge in [0.05, 0.1) is 5.69 Å². The quantitative estimate of drug-likeness (QED) is 0.594. The van der Waals surface area contributed by atoms with Crippen LogP contribution in [0.1, 0.15) is 16.1 Å². The Morgan fingerprint density at radius 3 is 2.65 bits per heavy atom. The number of hydrogen-bond acceptors (Lipinski definition) is 3. The third-order valence-corrected chi connectivity index (χ3v) is 3.82. The second-order valence-corrected chi connectivity index (χ2v) is 5.91. The van der Waals surface area contributed by atoms with E-state index in [0.29, 0.717) is 16.3 Å². The van der Waals surface area contributed by atoms with Gasteiger partial charge < -0.3 is 11.1 Å². The van der Waals surface area contributed by atoms with Crippen molar-refractivity contribution >= 4 is 63.0 Å². The SMILES string of the molecule is NC(=S)c1ccc(C(=O)Nc2ccc(Cl)cc2I)nc1. The molecule has 0 radical (unpaired) electrons. The van der Waals surface area contributed by atoms with Crippen LogP contribution < -0.4 is 11.1 Å². The number of carbonyl (C=O) groups is 1. The molecule has 1 heterocycles. The molecule has 3 N–H and O–H groups in total. The number of nitrogens with zero attached hydrogens (tertiary/aromatic N) is 1. The van der Waals surface area contributed by atoms with Crippen LogP contribution in [-0.4, -0.2) is 15.9 Å². The van der Waals surface area contributed by atoms with Crippen molar-refractivity contribution in [1.29, 1.82) is 0 Å². The number of aromatic nitrogens is 1. The zero-order valence-corrected chi connectivity index (χ0v) is 13.8.